The maximum absolute atomic E-state index is 11.9. The van der Waals surface area contributed by atoms with Crippen molar-refractivity contribution in [3.05, 3.63) is 64.5 Å². The van der Waals surface area contributed by atoms with Gasteiger partial charge in [-0.15, -0.1) is 10.2 Å². The Labute approximate surface area is 113 Å². The van der Waals surface area contributed by atoms with Crippen LogP contribution in [0.4, 0.5) is 0 Å². The van der Waals surface area contributed by atoms with Crippen molar-refractivity contribution in [1.82, 2.24) is 24.9 Å². The van der Waals surface area contributed by atoms with Crippen molar-refractivity contribution in [1.29, 1.82) is 0 Å². The minimum atomic E-state index is -0.445. The predicted octanol–water partition coefficient (Wildman–Crippen LogP) is 0.348. The average Bonchev–Trinajstić information content (AvgIpc) is 2.88. The van der Waals surface area contributed by atoms with Crippen molar-refractivity contribution in [2.24, 2.45) is 0 Å². The summed E-state index contributed by atoms with van der Waals surface area (Å²) in [7, 11) is 0. The van der Waals surface area contributed by atoms with Crippen LogP contribution in [0.15, 0.2) is 47.5 Å². The van der Waals surface area contributed by atoms with Crippen LogP contribution in [0.5, 0.6) is 0 Å². The quantitative estimate of drug-likeness (QED) is 0.717. The Morgan fingerprint density at radius 3 is 3.00 bits per heavy atom. The van der Waals surface area contributed by atoms with Crippen LogP contribution in [0.2, 0.25) is 0 Å². The first-order chi connectivity index (χ1) is 9.75. The van der Waals surface area contributed by atoms with Gasteiger partial charge in [0.2, 0.25) is 0 Å². The number of hydrogen-bond acceptors (Lipinski definition) is 4. The molecule has 0 saturated heterocycles. The fraction of sp³-hybridized carbons (Fsp3) is 0.0769. The lowest BCUT2D eigenvalue weighted by Gasteiger charge is -2.03. The summed E-state index contributed by atoms with van der Waals surface area (Å²) in [5, 5.41) is 10.6. The largest absolute Gasteiger partial charge is 0.345 e. The molecule has 0 atom stereocenters. The topological polar surface area (TPSA) is 92.2 Å². The van der Waals surface area contributed by atoms with E-state index in [-0.39, 0.29) is 12.1 Å². The van der Waals surface area contributed by atoms with Crippen molar-refractivity contribution in [3.63, 3.8) is 0 Å². The molecule has 3 heterocycles. The van der Waals surface area contributed by atoms with Crippen LogP contribution in [-0.4, -0.2) is 25.5 Å². The number of nitrogens with one attached hydrogen (secondary N) is 2. The van der Waals surface area contributed by atoms with E-state index in [1.54, 1.807) is 10.5 Å². The highest BCUT2D eigenvalue weighted by Crippen LogP contribution is 2.02. The molecular weight excluding hydrogens is 258 g/mol. The number of carbonyl (C=O) groups is 1. The number of pyridine rings is 2. The number of fused-ring (bicyclic) bond motifs is 1. The summed E-state index contributed by atoms with van der Waals surface area (Å²) in [5.74, 6) is 0.154. The summed E-state index contributed by atoms with van der Waals surface area (Å²) >= 11 is 0. The molecule has 0 aliphatic heterocycles. The third-order valence-corrected chi connectivity index (χ3v) is 2.85. The molecule has 0 saturated carbocycles. The van der Waals surface area contributed by atoms with Gasteiger partial charge >= 0.3 is 0 Å². The van der Waals surface area contributed by atoms with Gasteiger partial charge in [-0.3, -0.25) is 14.0 Å². The van der Waals surface area contributed by atoms with E-state index in [4.69, 9.17) is 0 Å². The maximum Gasteiger partial charge on any atom is 0.260 e. The minimum Gasteiger partial charge on any atom is -0.345 e. The molecule has 1 amide bonds. The maximum atomic E-state index is 11.9. The van der Waals surface area contributed by atoms with Gasteiger partial charge in [-0.05, 0) is 24.3 Å². The fourth-order valence-corrected chi connectivity index (χ4v) is 1.87. The van der Waals surface area contributed by atoms with Crippen molar-refractivity contribution in [2.75, 3.05) is 0 Å². The first-order valence-electron chi connectivity index (χ1n) is 6.00. The summed E-state index contributed by atoms with van der Waals surface area (Å²) in [6, 6.07) is 8.60. The first kappa shape index (κ1) is 12.1. The number of hydrogen-bond donors (Lipinski definition) is 2. The van der Waals surface area contributed by atoms with Crippen LogP contribution >= 0.6 is 0 Å². The highest BCUT2D eigenvalue weighted by atomic mass is 16.2. The van der Waals surface area contributed by atoms with Crippen LogP contribution in [0.3, 0.4) is 0 Å². The van der Waals surface area contributed by atoms with Gasteiger partial charge in [-0.1, -0.05) is 6.07 Å². The summed E-state index contributed by atoms with van der Waals surface area (Å²) in [4.78, 5) is 25.8. The highest BCUT2D eigenvalue weighted by molar-refractivity contribution is 5.93. The van der Waals surface area contributed by atoms with Crippen LogP contribution in [-0.2, 0) is 6.54 Å². The molecule has 7 nitrogen and oxygen atoms in total. The number of aromatic amines is 1. The smallest absolute Gasteiger partial charge is 0.260 e. The Balaban J connectivity index is 1.79. The van der Waals surface area contributed by atoms with Gasteiger partial charge in [0.15, 0.2) is 11.5 Å². The van der Waals surface area contributed by atoms with Crippen molar-refractivity contribution < 1.29 is 4.79 Å². The normalized spacial score (nSPS) is 10.6. The number of amides is 1. The van der Waals surface area contributed by atoms with Gasteiger partial charge in [-0.2, -0.15) is 0 Å². The van der Waals surface area contributed by atoms with Gasteiger partial charge in [0.05, 0.1) is 6.54 Å². The van der Waals surface area contributed by atoms with Crippen LogP contribution in [0.25, 0.3) is 5.65 Å². The van der Waals surface area contributed by atoms with Gasteiger partial charge in [0.1, 0.15) is 5.56 Å². The minimum absolute atomic E-state index is 0.0707. The molecule has 0 bridgehead atoms. The zero-order chi connectivity index (χ0) is 13.9. The van der Waals surface area contributed by atoms with E-state index in [1.165, 1.54) is 12.3 Å². The standard InChI is InChI=1S/C13H11N5O2/c19-12-9(4-3-6-14-12)13(20)15-8-11-17-16-10-5-1-2-7-18(10)11/h1-7H,8H2,(H,14,19)(H,15,20). The van der Waals surface area contributed by atoms with E-state index < -0.39 is 11.5 Å². The molecular formula is C13H11N5O2. The summed E-state index contributed by atoms with van der Waals surface area (Å²) < 4.78 is 1.77. The van der Waals surface area contributed by atoms with Crippen LogP contribution in [0.1, 0.15) is 16.2 Å². The van der Waals surface area contributed by atoms with E-state index >= 15 is 0 Å². The molecule has 0 unspecified atom stereocenters. The molecule has 0 aliphatic carbocycles. The Morgan fingerprint density at radius 2 is 2.15 bits per heavy atom. The number of aromatic nitrogens is 4. The molecule has 0 aromatic carbocycles. The number of carbonyl (C=O) groups excluding carboxylic acids is 1. The second kappa shape index (κ2) is 4.96. The van der Waals surface area contributed by atoms with E-state index in [2.05, 4.69) is 20.5 Å². The second-order valence-electron chi connectivity index (χ2n) is 4.14. The van der Waals surface area contributed by atoms with Gasteiger partial charge < -0.3 is 10.3 Å². The molecule has 0 spiro atoms. The molecule has 2 N–H and O–H groups in total. The van der Waals surface area contributed by atoms with E-state index in [0.717, 1.165) is 0 Å². The lowest BCUT2D eigenvalue weighted by atomic mass is 10.2. The third kappa shape index (κ3) is 2.16. The van der Waals surface area contributed by atoms with Gasteiger partial charge in [-0.25, -0.2) is 0 Å². The number of rotatable bonds is 3. The summed E-state index contributed by atoms with van der Waals surface area (Å²) in [6.07, 6.45) is 3.29. The van der Waals surface area contributed by atoms with E-state index in [0.29, 0.717) is 11.5 Å². The molecule has 0 aliphatic rings. The Hall–Kier alpha value is -2.96. The van der Waals surface area contributed by atoms with Crippen LogP contribution in [0, 0.1) is 0 Å². The molecule has 3 rings (SSSR count). The van der Waals surface area contributed by atoms with Crippen LogP contribution < -0.4 is 10.9 Å². The average molecular weight is 269 g/mol. The predicted molar refractivity (Wildman–Crippen MR) is 71.2 cm³/mol. The Kier molecular flexibility index (Phi) is 3.00. The zero-order valence-electron chi connectivity index (χ0n) is 10.4. The van der Waals surface area contributed by atoms with Crippen molar-refractivity contribution >= 4 is 11.6 Å². The second-order valence-corrected chi connectivity index (χ2v) is 4.14. The molecule has 0 fully saturated rings. The molecule has 20 heavy (non-hydrogen) atoms. The zero-order valence-corrected chi connectivity index (χ0v) is 10.4. The van der Waals surface area contributed by atoms with E-state index in [1.807, 2.05) is 24.4 Å². The first-order valence-corrected chi connectivity index (χ1v) is 6.00. The number of nitrogens with zero attached hydrogens (tertiary/aromatic N) is 3. The van der Waals surface area contributed by atoms with E-state index in [9.17, 15) is 9.59 Å². The molecule has 0 radical (unpaired) electrons. The Morgan fingerprint density at radius 1 is 1.25 bits per heavy atom. The third-order valence-electron chi connectivity index (χ3n) is 2.85. The summed E-state index contributed by atoms with van der Waals surface area (Å²) in [6.45, 7) is 0.193. The molecule has 3 aromatic heterocycles. The Bertz CT molecular complexity index is 820. The SMILES string of the molecule is O=C(NCc1nnc2ccccn12)c1ccc[nH]c1=O. The monoisotopic (exact) mass is 269 g/mol. The highest BCUT2D eigenvalue weighted by Gasteiger charge is 2.11. The number of H-pyrrole nitrogens is 1. The lowest BCUT2D eigenvalue weighted by Crippen LogP contribution is -2.29. The fourth-order valence-electron chi connectivity index (χ4n) is 1.87. The molecule has 100 valence electrons. The molecule has 3 aromatic rings. The van der Waals surface area contributed by atoms with Crippen molar-refractivity contribution in [3.8, 4) is 0 Å². The van der Waals surface area contributed by atoms with Gasteiger partial charge in [0.25, 0.3) is 11.5 Å². The lowest BCUT2D eigenvalue weighted by molar-refractivity contribution is 0.0948. The molecule has 7 heteroatoms. The van der Waals surface area contributed by atoms with Gasteiger partial charge in [0, 0.05) is 12.4 Å². The van der Waals surface area contributed by atoms with Crippen molar-refractivity contribution in [2.45, 2.75) is 6.54 Å². The summed E-state index contributed by atoms with van der Waals surface area (Å²) in [5.41, 5.74) is 0.353.